The molecule has 1 aromatic carbocycles. The van der Waals surface area contributed by atoms with Gasteiger partial charge in [-0.3, -0.25) is 9.59 Å². The second kappa shape index (κ2) is 5.61. The summed E-state index contributed by atoms with van der Waals surface area (Å²) in [5.74, 6) is -0.148. The standard InChI is InChI=1S/C15H16BrN3O2/c16-9-3-4-12-11(6-9)14(20)7-13(18-12)15(21)19-5-1-2-10(19)8-17/h3-4,6-7,10H,1-2,5,8,17H2,(H,18,20)/t10-/m1/s1. The molecule has 3 rings (SSSR count). The molecular weight excluding hydrogens is 334 g/mol. The van der Waals surface area contributed by atoms with Crippen LogP contribution in [0, 0.1) is 0 Å². The summed E-state index contributed by atoms with van der Waals surface area (Å²) in [5, 5.41) is 0.567. The highest BCUT2D eigenvalue weighted by molar-refractivity contribution is 9.10. The fourth-order valence-electron chi connectivity index (χ4n) is 2.84. The maximum atomic E-state index is 12.6. The molecule has 0 spiro atoms. The number of benzene rings is 1. The summed E-state index contributed by atoms with van der Waals surface area (Å²) in [6.45, 7) is 1.15. The van der Waals surface area contributed by atoms with Crippen LogP contribution in [0.3, 0.4) is 0 Å². The van der Waals surface area contributed by atoms with Crippen LogP contribution in [0.15, 0.2) is 33.5 Å². The molecule has 0 aliphatic carbocycles. The zero-order valence-corrected chi connectivity index (χ0v) is 13.0. The van der Waals surface area contributed by atoms with E-state index in [0.717, 1.165) is 17.3 Å². The van der Waals surface area contributed by atoms with Crippen LogP contribution >= 0.6 is 15.9 Å². The van der Waals surface area contributed by atoms with Gasteiger partial charge in [-0.15, -0.1) is 0 Å². The summed E-state index contributed by atoms with van der Waals surface area (Å²) in [6.07, 6.45) is 1.88. The summed E-state index contributed by atoms with van der Waals surface area (Å²) in [6, 6.07) is 6.83. The minimum absolute atomic E-state index is 0.0709. The van der Waals surface area contributed by atoms with E-state index in [0.29, 0.717) is 29.7 Å². The number of carbonyl (C=O) groups is 1. The van der Waals surface area contributed by atoms with Crippen molar-refractivity contribution < 1.29 is 4.79 Å². The maximum absolute atomic E-state index is 12.6. The molecule has 0 radical (unpaired) electrons. The molecule has 6 heteroatoms. The predicted octanol–water partition coefficient (Wildman–Crippen LogP) is 1.85. The van der Waals surface area contributed by atoms with Crippen LogP contribution in [0.1, 0.15) is 23.3 Å². The van der Waals surface area contributed by atoms with Gasteiger partial charge in [0.2, 0.25) is 0 Å². The maximum Gasteiger partial charge on any atom is 0.270 e. The number of likely N-dealkylation sites (tertiary alicyclic amines) is 1. The molecule has 2 aromatic rings. The summed E-state index contributed by atoms with van der Waals surface area (Å²) in [4.78, 5) is 29.6. The largest absolute Gasteiger partial charge is 0.350 e. The lowest BCUT2D eigenvalue weighted by Crippen LogP contribution is -2.40. The van der Waals surface area contributed by atoms with Crippen LogP contribution in [-0.2, 0) is 0 Å². The lowest BCUT2D eigenvalue weighted by Gasteiger charge is -2.23. The molecule has 1 aliphatic heterocycles. The molecule has 5 nitrogen and oxygen atoms in total. The Kier molecular flexibility index (Phi) is 3.82. The van der Waals surface area contributed by atoms with Gasteiger partial charge in [-0.25, -0.2) is 0 Å². The number of amides is 1. The van der Waals surface area contributed by atoms with Gasteiger partial charge >= 0.3 is 0 Å². The minimum atomic E-state index is -0.156. The van der Waals surface area contributed by atoms with Crippen molar-refractivity contribution in [3.8, 4) is 0 Å². The van der Waals surface area contributed by atoms with Crippen molar-refractivity contribution in [2.75, 3.05) is 13.1 Å². The molecule has 1 fully saturated rings. The molecule has 0 bridgehead atoms. The van der Waals surface area contributed by atoms with Gasteiger partial charge in [0.15, 0.2) is 5.43 Å². The quantitative estimate of drug-likeness (QED) is 0.868. The van der Waals surface area contributed by atoms with Crippen LogP contribution in [0.5, 0.6) is 0 Å². The van der Waals surface area contributed by atoms with E-state index in [9.17, 15) is 9.59 Å². The number of aromatic amines is 1. The van der Waals surface area contributed by atoms with Crippen LogP contribution in [0.2, 0.25) is 0 Å². The van der Waals surface area contributed by atoms with Crippen molar-refractivity contribution in [2.24, 2.45) is 5.73 Å². The number of hydrogen-bond donors (Lipinski definition) is 2. The van der Waals surface area contributed by atoms with Crippen molar-refractivity contribution in [3.05, 3.63) is 44.7 Å². The second-order valence-corrected chi connectivity index (χ2v) is 6.18. The van der Waals surface area contributed by atoms with Crippen molar-refractivity contribution in [1.82, 2.24) is 9.88 Å². The van der Waals surface area contributed by atoms with E-state index in [-0.39, 0.29) is 17.4 Å². The summed E-state index contributed by atoms with van der Waals surface area (Å²) in [7, 11) is 0. The van der Waals surface area contributed by atoms with Gasteiger partial charge in [0.1, 0.15) is 5.69 Å². The molecule has 3 N–H and O–H groups in total. The Morgan fingerprint density at radius 3 is 3.00 bits per heavy atom. The van der Waals surface area contributed by atoms with E-state index >= 15 is 0 Å². The van der Waals surface area contributed by atoms with E-state index in [2.05, 4.69) is 20.9 Å². The number of nitrogens with one attached hydrogen (secondary N) is 1. The molecule has 1 aliphatic rings. The molecule has 1 atom stereocenters. The molecule has 1 saturated heterocycles. The van der Waals surface area contributed by atoms with Crippen molar-refractivity contribution in [3.63, 3.8) is 0 Å². The normalized spacial score (nSPS) is 18.4. The lowest BCUT2D eigenvalue weighted by molar-refractivity contribution is 0.0735. The Bertz CT molecular complexity index is 756. The number of nitrogens with two attached hydrogens (primary N) is 1. The third-order valence-corrected chi connectivity index (χ3v) is 4.43. The molecule has 0 saturated carbocycles. The number of fused-ring (bicyclic) bond motifs is 1. The van der Waals surface area contributed by atoms with E-state index in [4.69, 9.17) is 5.73 Å². The van der Waals surface area contributed by atoms with Crippen LogP contribution in [0.4, 0.5) is 0 Å². The first kappa shape index (κ1) is 14.3. The Labute approximate surface area is 130 Å². The number of carbonyl (C=O) groups excluding carboxylic acids is 1. The average Bonchev–Trinajstić information content (AvgIpc) is 2.95. The molecule has 21 heavy (non-hydrogen) atoms. The highest BCUT2D eigenvalue weighted by atomic mass is 79.9. The number of aromatic nitrogens is 1. The molecule has 1 aromatic heterocycles. The summed E-state index contributed by atoms with van der Waals surface area (Å²) in [5.41, 5.74) is 6.54. The van der Waals surface area contributed by atoms with E-state index in [1.54, 1.807) is 17.0 Å². The van der Waals surface area contributed by atoms with Gasteiger partial charge in [0, 0.05) is 40.6 Å². The number of H-pyrrole nitrogens is 1. The topological polar surface area (TPSA) is 79.2 Å². The molecule has 2 heterocycles. The zero-order chi connectivity index (χ0) is 15.0. The Morgan fingerprint density at radius 2 is 2.24 bits per heavy atom. The second-order valence-electron chi connectivity index (χ2n) is 5.27. The summed E-state index contributed by atoms with van der Waals surface area (Å²) >= 11 is 3.34. The van der Waals surface area contributed by atoms with Crippen LogP contribution < -0.4 is 11.2 Å². The minimum Gasteiger partial charge on any atom is -0.350 e. The Balaban J connectivity index is 2.03. The lowest BCUT2D eigenvalue weighted by atomic mass is 10.1. The predicted molar refractivity (Wildman–Crippen MR) is 85.4 cm³/mol. The first-order valence-corrected chi connectivity index (χ1v) is 7.73. The van der Waals surface area contributed by atoms with Gasteiger partial charge in [-0.2, -0.15) is 0 Å². The van der Waals surface area contributed by atoms with Gasteiger partial charge < -0.3 is 15.6 Å². The van der Waals surface area contributed by atoms with Crippen molar-refractivity contribution >= 4 is 32.7 Å². The number of halogens is 1. The number of rotatable bonds is 2. The number of pyridine rings is 1. The third kappa shape index (κ3) is 2.61. The van der Waals surface area contributed by atoms with E-state index in [1.807, 2.05) is 6.07 Å². The molecule has 0 unspecified atom stereocenters. The number of hydrogen-bond acceptors (Lipinski definition) is 3. The van der Waals surface area contributed by atoms with Gasteiger partial charge in [0.05, 0.1) is 0 Å². The summed E-state index contributed by atoms with van der Waals surface area (Å²) < 4.78 is 0.835. The van der Waals surface area contributed by atoms with E-state index in [1.165, 1.54) is 6.07 Å². The van der Waals surface area contributed by atoms with Crippen LogP contribution in [-0.4, -0.2) is 34.9 Å². The van der Waals surface area contributed by atoms with Gasteiger partial charge in [-0.05, 0) is 31.0 Å². The first-order valence-electron chi connectivity index (χ1n) is 6.94. The van der Waals surface area contributed by atoms with Gasteiger partial charge in [-0.1, -0.05) is 15.9 Å². The molecule has 1 amide bonds. The Hall–Kier alpha value is -1.66. The Morgan fingerprint density at radius 1 is 1.43 bits per heavy atom. The first-order chi connectivity index (χ1) is 10.1. The van der Waals surface area contributed by atoms with Crippen LogP contribution in [0.25, 0.3) is 10.9 Å². The highest BCUT2D eigenvalue weighted by Gasteiger charge is 2.29. The van der Waals surface area contributed by atoms with Crippen molar-refractivity contribution in [1.29, 1.82) is 0 Å². The van der Waals surface area contributed by atoms with E-state index < -0.39 is 0 Å². The smallest absolute Gasteiger partial charge is 0.270 e. The highest BCUT2D eigenvalue weighted by Crippen LogP contribution is 2.20. The molecule has 110 valence electrons. The van der Waals surface area contributed by atoms with Crippen molar-refractivity contribution in [2.45, 2.75) is 18.9 Å². The fourth-order valence-corrected chi connectivity index (χ4v) is 3.20. The monoisotopic (exact) mass is 349 g/mol. The third-order valence-electron chi connectivity index (χ3n) is 3.93. The average molecular weight is 350 g/mol. The zero-order valence-electron chi connectivity index (χ0n) is 11.4. The van der Waals surface area contributed by atoms with Gasteiger partial charge in [0.25, 0.3) is 5.91 Å². The number of nitrogens with zero attached hydrogens (tertiary/aromatic N) is 1. The fraction of sp³-hybridized carbons (Fsp3) is 0.333. The SMILES string of the molecule is NC[C@H]1CCCN1C(=O)c1cc(=O)c2cc(Br)ccc2[nH]1. The molecular formula is C15H16BrN3O2.